The van der Waals surface area contributed by atoms with Gasteiger partial charge in [-0.2, -0.15) is 4.99 Å². The lowest BCUT2D eigenvalue weighted by molar-refractivity contribution is 0.256. The van der Waals surface area contributed by atoms with E-state index in [0.29, 0.717) is 18.0 Å². The number of carbonyl (C=O) groups excluding carboxylic acids is 1. The first kappa shape index (κ1) is 23.5. The van der Waals surface area contributed by atoms with Crippen molar-refractivity contribution < 1.29 is 18.6 Å². The van der Waals surface area contributed by atoms with Gasteiger partial charge in [-0.05, 0) is 41.1 Å². The van der Waals surface area contributed by atoms with Crippen LogP contribution in [0.15, 0.2) is 52.1 Å². The summed E-state index contributed by atoms with van der Waals surface area (Å²) < 4.78 is 23.2. The molecule has 2 aromatic carbocycles. The van der Waals surface area contributed by atoms with Gasteiger partial charge in [0.05, 0.1) is 18.7 Å². The standard InChI is InChI=1S/C20H20ClFN8O3/c1-32-13-5-2-11(3-6-13)9-25-20(28-19(24)31)26-10-16-17(30-33-29-16)18(23)27-12-4-7-15(22)14(21)8-12/h2-8H,9-10H2,1H3,(H2,23,27)(H4,24,25,26,28,31). The molecule has 0 unspecified atom stereocenters. The minimum atomic E-state index is -0.902. The highest BCUT2D eigenvalue weighted by molar-refractivity contribution is 6.31. The second-order valence-corrected chi connectivity index (χ2v) is 6.95. The number of halogens is 2. The molecule has 0 aliphatic rings. The fourth-order valence-electron chi connectivity index (χ4n) is 2.64. The molecule has 0 aliphatic carbocycles. The number of hydrogen-bond donors (Lipinski definition) is 5. The van der Waals surface area contributed by atoms with Crippen molar-refractivity contribution in [1.82, 2.24) is 20.9 Å². The maximum Gasteiger partial charge on any atom is 0.341 e. The number of amides is 2. The predicted molar refractivity (Wildman–Crippen MR) is 120 cm³/mol. The van der Waals surface area contributed by atoms with Crippen molar-refractivity contribution in [2.75, 3.05) is 12.4 Å². The van der Waals surface area contributed by atoms with Crippen LogP contribution in [0.5, 0.6) is 5.75 Å². The first-order chi connectivity index (χ1) is 15.9. The van der Waals surface area contributed by atoms with Crippen LogP contribution in [0.25, 0.3) is 0 Å². The summed E-state index contributed by atoms with van der Waals surface area (Å²) >= 11 is 5.76. The molecule has 3 aromatic rings. The van der Waals surface area contributed by atoms with Crippen LogP contribution in [0.3, 0.4) is 0 Å². The van der Waals surface area contributed by atoms with Crippen molar-refractivity contribution in [2.24, 2.45) is 10.7 Å². The van der Waals surface area contributed by atoms with E-state index in [9.17, 15) is 9.18 Å². The van der Waals surface area contributed by atoms with Crippen LogP contribution in [-0.4, -0.2) is 35.2 Å². The molecule has 172 valence electrons. The molecule has 0 aliphatic heterocycles. The normalized spacial score (nSPS) is 11.1. The Bertz CT molecular complexity index is 1170. The molecule has 6 N–H and O–H groups in total. The largest absolute Gasteiger partial charge is 0.497 e. The molecule has 0 saturated carbocycles. The van der Waals surface area contributed by atoms with Crippen LogP contribution in [0.1, 0.15) is 17.0 Å². The summed E-state index contributed by atoms with van der Waals surface area (Å²) in [5.41, 5.74) is 6.82. The second-order valence-electron chi connectivity index (χ2n) is 6.54. The zero-order valence-corrected chi connectivity index (χ0v) is 18.1. The topological polar surface area (TPSA) is 164 Å². The molecule has 33 heavy (non-hydrogen) atoms. The summed E-state index contributed by atoms with van der Waals surface area (Å²) in [7, 11) is 1.58. The number of benzene rings is 2. The first-order valence-corrected chi connectivity index (χ1v) is 9.84. The van der Waals surface area contributed by atoms with E-state index in [-0.39, 0.29) is 34.8 Å². The molecule has 11 nitrogen and oxygen atoms in total. The number of ether oxygens (including phenoxy) is 1. The quantitative estimate of drug-likeness (QED) is 0.257. The fourth-order valence-corrected chi connectivity index (χ4v) is 2.82. The highest BCUT2D eigenvalue weighted by Crippen LogP contribution is 2.20. The van der Waals surface area contributed by atoms with Gasteiger partial charge in [-0.25, -0.2) is 13.8 Å². The molecule has 0 radical (unpaired) electrons. The predicted octanol–water partition coefficient (Wildman–Crippen LogP) is 2.62. The van der Waals surface area contributed by atoms with Gasteiger partial charge in [-0.3, -0.25) is 5.41 Å². The number of aromatic nitrogens is 2. The summed E-state index contributed by atoms with van der Waals surface area (Å²) in [4.78, 5) is 15.0. The number of rotatable bonds is 7. The van der Waals surface area contributed by atoms with Gasteiger partial charge in [-0.15, -0.1) is 0 Å². The maximum atomic E-state index is 13.3. The monoisotopic (exact) mass is 474 g/mol. The van der Waals surface area contributed by atoms with Gasteiger partial charge in [0.15, 0.2) is 11.5 Å². The Kier molecular flexibility index (Phi) is 7.76. The third-order valence-corrected chi connectivity index (χ3v) is 4.54. The van der Waals surface area contributed by atoms with Gasteiger partial charge in [0.1, 0.15) is 17.3 Å². The van der Waals surface area contributed by atoms with Gasteiger partial charge in [-0.1, -0.05) is 28.9 Å². The molecule has 0 saturated heterocycles. The Balaban J connectivity index is 1.63. The number of primary amides is 1. The van der Waals surface area contributed by atoms with Gasteiger partial charge >= 0.3 is 6.03 Å². The molecule has 0 bridgehead atoms. The Hall–Kier alpha value is -4.19. The van der Waals surface area contributed by atoms with Crippen LogP contribution in [0.2, 0.25) is 5.02 Å². The number of carbonyl (C=O) groups is 1. The van der Waals surface area contributed by atoms with E-state index in [2.05, 4.69) is 31.3 Å². The summed E-state index contributed by atoms with van der Waals surface area (Å²) in [6, 6.07) is 10.3. The lowest BCUT2D eigenvalue weighted by atomic mass is 10.2. The fraction of sp³-hybridized carbons (Fsp3) is 0.150. The molecule has 2 amide bonds. The Morgan fingerprint density at radius 2 is 1.94 bits per heavy atom. The Labute approximate surface area is 192 Å². The molecular weight excluding hydrogens is 455 g/mol. The highest BCUT2D eigenvalue weighted by atomic mass is 35.5. The molecule has 13 heteroatoms. The minimum absolute atomic E-state index is 0.00872. The molecule has 0 spiro atoms. The van der Waals surface area contributed by atoms with E-state index in [4.69, 9.17) is 32.1 Å². The number of nitrogens with zero attached hydrogens (tertiary/aromatic N) is 3. The van der Waals surface area contributed by atoms with E-state index in [1.165, 1.54) is 18.2 Å². The van der Waals surface area contributed by atoms with E-state index in [1.54, 1.807) is 19.2 Å². The highest BCUT2D eigenvalue weighted by Gasteiger charge is 2.16. The zero-order chi connectivity index (χ0) is 23.8. The van der Waals surface area contributed by atoms with Crippen molar-refractivity contribution in [3.05, 3.63) is 70.3 Å². The number of aliphatic imine (C=N–C) groups is 1. The van der Waals surface area contributed by atoms with Gasteiger partial charge < -0.3 is 26.4 Å². The van der Waals surface area contributed by atoms with Crippen LogP contribution in [0.4, 0.5) is 14.9 Å². The second kappa shape index (κ2) is 10.9. The van der Waals surface area contributed by atoms with E-state index in [0.717, 1.165) is 5.56 Å². The number of nitrogens with one attached hydrogen (secondary N) is 4. The van der Waals surface area contributed by atoms with E-state index < -0.39 is 11.8 Å². The summed E-state index contributed by atoms with van der Waals surface area (Å²) in [5, 5.41) is 24.2. The van der Waals surface area contributed by atoms with E-state index in [1.807, 2.05) is 12.1 Å². The van der Waals surface area contributed by atoms with Crippen molar-refractivity contribution in [3.8, 4) is 5.75 Å². The number of nitrogens with two attached hydrogens (primary N) is 1. The SMILES string of the molecule is COc1ccc(CNC(=NC(N)=O)NCc2nonc2C(=N)Nc2ccc(F)c(Cl)c2)cc1. The van der Waals surface area contributed by atoms with Crippen molar-refractivity contribution >= 4 is 35.1 Å². The smallest absolute Gasteiger partial charge is 0.341 e. The Morgan fingerprint density at radius 3 is 2.61 bits per heavy atom. The number of hydrogen-bond acceptors (Lipinski definition) is 6. The summed E-state index contributed by atoms with van der Waals surface area (Å²) in [6.07, 6.45) is 0. The lowest BCUT2D eigenvalue weighted by Crippen LogP contribution is -2.38. The lowest BCUT2D eigenvalue weighted by Gasteiger charge is -2.12. The third kappa shape index (κ3) is 6.64. The number of methoxy groups -OCH3 is 1. The molecular formula is C20H20ClFN8O3. The van der Waals surface area contributed by atoms with Crippen LogP contribution in [-0.2, 0) is 13.1 Å². The van der Waals surface area contributed by atoms with Crippen LogP contribution >= 0.6 is 11.6 Å². The number of amidine groups is 1. The molecule has 1 aromatic heterocycles. The Morgan fingerprint density at radius 1 is 1.21 bits per heavy atom. The molecule has 3 rings (SSSR count). The van der Waals surface area contributed by atoms with Crippen molar-refractivity contribution in [3.63, 3.8) is 0 Å². The van der Waals surface area contributed by atoms with Gasteiger partial charge in [0.25, 0.3) is 0 Å². The van der Waals surface area contributed by atoms with E-state index >= 15 is 0 Å². The van der Waals surface area contributed by atoms with Crippen LogP contribution < -0.4 is 26.4 Å². The van der Waals surface area contributed by atoms with Crippen LogP contribution in [0, 0.1) is 11.2 Å². The molecule has 0 fully saturated rings. The van der Waals surface area contributed by atoms with Gasteiger partial charge in [0, 0.05) is 12.2 Å². The maximum absolute atomic E-state index is 13.3. The zero-order valence-electron chi connectivity index (χ0n) is 17.4. The molecule has 0 atom stereocenters. The number of guanidine groups is 1. The average Bonchev–Trinajstić information content (AvgIpc) is 3.27. The third-order valence-electron chi connectivity index (χ3n) is 4.25. The average molecular weight is 475 g/mol. The summed E-state index contributed by atoms with van der Waals surface area (Å²) in [6.45, 7) is 0.352. The van der Waals surface area contributed by atoms with Crippen molar-refractivity contribution in [2.45, 2.75) is 13.1 Å². The number of urea groups is 1. The molecule has 1 heterocycles. The van der Waals surface area contributed by atoms with Gasteiger partial charge in [0.2, 0.25) is 5.96 Å². The van der Waals surface area contributed by atoms with Crippen molar-refractivity contribution in [1.29, 1.82) is 5.41 Å². The summed E-state index contributed by atoms with van der Waals surface area (Å²) in [5.74, 6) is 0.0745. The number of anilines is 1. The first-order valence-electron chi connectivity index (χ1n) is 9.47. The minimum Gasteiger partial charge on any atom is -0.497 e.